The smallest absolute Gasteiger partial charge is 0.335 e. The topological polar surface area (TPSA) is 98.2 Å². The van der Waals surface area contributed by atoms with Crippen LogP contribution in [-0.2, 0) is 4.74 Å². The van der Waals surface area contributed by atoms with Crippen molar-refractivity contribution in [3.63, 3.8) is 0 Å². The number of carbonyl (C=O) groups excluding carboxylic acids is 1. The Balaban J connectivity index is 1.55. The highest BCUT2D eigenvalue weighted by molar-refractivity contribution is 6.32. The fraction of sp³-hybridized carbons (Fsp3) is 0.350. The molecule has 0 bridgehead atoms. The molecule has 2 fully saturated rings. The number of carboxylic acid groups (broad SMARTS) is 1. The molecule has 8 nitrogen and oxygen atoms in total. The maximum absolute atomic E-state index is 12.3. The summed E-state index contributed by atoms with van der Waals surface area (Å²) < 4.78 is 16.8. The van der Waals surface area contributed by atoms with Gasteiger partial charge < -0.3 is 24.2 Å². The number of carbonyl (C=O) groups is 2. The molecule has 1 N–H and O–H groups in total. The molecule has 2 aromatic rings. The zero-order chi connectivity index (χ0) is 20.4. The Morgan fingerprint density at radius 3 is 2.59 bits per heavy atom. The molecular formula is C20H19ClN2O6. The van der Waals surface area contributed by atoms with Gasteiger partial charge in [0, 0.05) is 31.8 Å². The molecule has 0 spiro atoms. The highest BCUT2D eigenvalue weighted by Crippen LogP contribution is 2.32. The lowest BCUT2D eigenvalue weighted by molar-refractivity contribution is 0.0649. The van der Waals surface area contributed by atoms with Crippen molar-refractivity contribution in [2.24, 2.45) is 0 Å². The van der Waals surface area contributed by atoms with Gasteiger partial charge in [-0.2, -0.15) is 0 Å². The van der Waals surface area contributed by atoms with E-state index >= 15 is 0 Å². The number of amides is 1. The van der Waals surface area contributed by atoms with Crippen LogP contribution in [0, 0.1) is 0 Å². The molecule has 0 unspecified atom stereocenters. The number of hydrogen-bond acceptors (Lipinski definition) is 6. The zero-order valence-electron chi connectivity index (χ0n) is 15.5. The van der Waals surface area contributed by atoms with Crippen LogP contribution in [0.25, 0.3) is 0 Å². The summed E-state index contributed by atoms with van der Waals surface area (Å²) in [5, 5.41) is 9.53. The van der Waals surface area contributed by atoms with Crippen molar-refractivity contribution in [2.45, 2.75) is 18.9 Å². The molecule has 4 rings (SSSR count). The third kappa shape index (κ3) is 4.44. The first-order valence-corrected chi connectivity index (χ1v) is 9.63. The molecule has 152 valence electrons. The van der Waals surface area contributed by atoms with Crippen molar-refractivity contribution in [3.8, 4) is 17.4 Å². The first kappa shape index (κ1) is 19.5. The fourth-order valence-corrected chi connectivity index (χ4v) is 3.26. The average Bonchev–Trinajstić information content (AvgIpc) is 3.14. The summed E-state index contributed by atoms with van der Waals surface area (Å²) in [6.45, 7) is 2.51. The predicted molar refractivity (Wildman–Crippen MR) is 103 cm³/mol. The number of rotatable bonds is 6. The lowest BCUT2D eigenvalue weighted by Crippen LogP contribution is -2.42. The van der Waals surface area contributed by atoms with E-state index in [9.17, 15) is 14.7 Å². The number of pyridine rings is 1. The van der Waals surface area contributed by atoms with E-state index in [4.69, 9.17) is 25.8 Å². The summed E-state index contributed by atoms with van der Waals surface area (Å²) in [5.74, 6) is -0.590. The van der Waals surface area contributed by atoms with Crippen LogP contribution in [0.15, 0.2) is 30.5 Å². The quantitative estimate of drug-likeness (QED) is 0.768. The highest BCUT2D eigenvalue weighted by atomic mass is 35.5. The number of nitrogens with zero attached hydrogens (tertiary/aromatic N) is 2. The Labute approximate surface area is 172 Å². The molecule has 3 heterocycles. The van der Waals surface area contributed by atoms with Crippen LogP contribution in [0.3, 0.4) is 0 Å². The Hall–Kier alpha value is -2.84. The van der Waals surface area contributed by atoms with Gasteiger partial charge in [-0.3, -0.25) is 4.79 Å². The van der Waals surface area contributed by atoms with E-state index in [1.54, 1.807) is 11.0 Å². The Bertz CT molecular complexity index is 941. The predicted octanol–water partition coefficient (Wildman–Crippen LogP) is 3.24. The van der Waals surface area contributed by atoms with Gasteiger partial charge in [-0.25, -0.2) is 9.78 Å². The molecule has 1 atom stereocenters. The largest absolute Gasteiger partial charge is 0.488 e. The summed E-state index contributed by atoms with van der Waals surface area (Å²) in [4.78, 5) is 29.6. The number of aromatic carboxylic acids is 1. The van der Waals surface area contributed by atoms with Gasteiger partial charge in [0.25, 0.3) is 5.91 Å². The Morgan fingerprint density at radius 2 is 1.97 bits per heavy atom. The van der Waals surface area contributed by atoms with Gasteiger partial charge in [0.15, 0.2) is 0 Å². The first-order chi connectivity index (χ1) is 14.0. The molecule has 1 aromatic heterocycles. The van der Waals surface area contributed by atoms with Crippen LogP contribution in [0.1, 0.15) is 33.6 Å². The van der Waals surface area contributed by atoms with Gasteiger partial charge in [0.1, 0.15) is 22.6 Å². The van der Waals surface area contributed by atoms with E-state index in [-0.39, 0.29) is 34.2 Å². The Morgan fingerprint density at radius 1 is 1.17 bits per heavy atom. The summed E-state index contributed by atoms with van der Waals surface area (Å²) >= 11 is 6.25. The molecule has 0 aliphatic carbocycles. The molecule has 2 saturated heterocycles. The van der Waals surface area contributed by atoms with Gasteiger partial charge in [0.2, 0.25) is 5.88 Å². The minimum atomic E-state index is -1.11. The van der Waals surface area contributed by atoms with Crippen molar-refractivity contribution in [2.75, 3.05) is 26.3 Å². The second-order valence-electron chi connectivity index (χ2n) is 6.86. The summed E-state index contributed by atoms with van der Waals surface area (Å²) in [5.41, 5.74) is 0.392. The molecule has 0 saturated carbocycles. The molecule has 2 aliphatic rings. The van der Waals surface area contributed by atoms with E-state index < -0.39 is 5.97 Å². The van der Waals surface area contributed by atoms with E-state index in [1.807, 2.05) is 0 Å². The van der Waals surface area contributed by atoms with Crippen molar-refractivity contribution in [1.82, 2.24) is 9.88 Å². The van der Waals surface area contributed by atoms with Crippen LogP contribution in [0.4, 0.5) is 0 Å². The molecule has 1 amide bonds. The zero-order valence-corrected chi connectivity index (χ0v) is 16.2. The summed E-state index contributed by atoms with van der Waals surface area (Å²) in [7, 11) is 0. The second-order valence-corrected chi connectivity index (χ2v) is 7.27. The van der Waals surface area contributed by atoms with Crippen molar-refractivity contribution in [3.05, 3.63) is 46.6 Å². The van der Waals surface area contributed by atoms with Gasteiger partial charge in [0.05, 0.1) is 24.3 Å². The number of hydrogen-bond donors (Lipinski definition) is 1. The van der Waals surface area contributed by atoms with Crippen molar-refractivity contribution >= 4 is 23.5 Å². The normalized spacial score (nSPS) is 18.2. The average molecular weight is 419 g/mol. The summed E-state index contributed by atoms with van der Waals surface area (Å²) in [6.07, 6.45) is 2.98. The lowest BCUT2D eigenvalue weighted by atomic mass is 10.1. The monoisotopic (exact) mass is 418 g/mol. The molecule has 0 radical (unpaired) electrons. The third-order valence-corrected chi connectivity index (χ3v) is 5.00. The molecular weight excluding hydrogens is 400 g/mol. The van der Waals surface area contributed by atoms with Crippen LogP contribution in [-0.4, -0.2) is 59.3 Å². The number of likely N-dealkylation sites (tertiary alicyclic amines) is 1. The number of aromatic nitrogens is 1. The third-order valence-electron chi connectivity index (χ3n) is 4.73. The molecule has 29 heavy (non-hydrogen) atoms. The fourth-order valence-electron chi connectivity index (χ4n) is 3.05. The number of ether oxygens (including phenoxy) is 3. The van der Waals surface area contributed by atoms with Gasteiger partial charge in [-0.15, -0.1) is 0 Å². The highest BCUT2D eigenvalue weighted by Gasteiger charge is 2.23. The van der Waals surface area contributed by atoms with Crippen LogP contribution >= 0.6 is 11.6 Å². The number of benzene rings is 1. The van der Waals surface area contributed by atoms with E-state index in [0.717, 1.165) is 25.9 Å². The van der Waals surface area contributed by atoms with Crippen LogP contribution in [0.2, 0.25) is 5.02 Å². The Kier molecular flexibility index (Phi) is 5.55. The standard InChI is InChI=1S/C20H19ClN2O6/c21-17-8-13(19(24)23-3-1-4-23)10-22-18(17)29-16-7-12(20(25)26)6-15(9-16)28-14-2-5-27-11-14/h6-10,14H,1-5,11H2,(H,25,26)/t14-/m0/s1. The van der Waals surface area contributed by atoms with Gasteiger partial charge in [-0.1, -0.05) is 11.6 Å². The van der Waals surface area contributed by atoms with Crippen molar-refractivity contribution in [1.29, 1.82) is 0 Å². The number of carboxylic acids is 1. The number of halogens is 1. The maximum atomic E-state index is 12.3. The first-order valence-electron chi connectivity index (χ1n) is 9.25. The SMILES string of the molecule is O=C(O)c1cc(Oc2ncc(C(=O)N3CCC3)cc2Cl)cc(O[C@H]2CCOC2)c1. The molecule has 9 heteroatoms. The minimum Gasteiger partial charge on any atom is -0.488 e. The van der Waals surface area contributed by atoms with Crippen molar-refractivity contribution < 1.29 is 28.9 Å². The second kappa shape index (κ2) is 8.26. The van der Waals surface area contributed by atoms with E-state index in [2.05, 4.69) is 4.98 Å². The minimum absolute atomic E-state index is 0.0112. The van der Waals surface area contributed by atoms with E-state index in [1.165, 1.54) is 24.4 Å². The van der Waals surface area contributed by atoms with Gasteiger partial charge in [-0.05, 0) is 24.6 Å². The maximum Gasteiger partial charge on any atom is 0.335 e. The van der Waals surface area contributed by atoms with Crippen LogP contribution in [0.5, 0.6) is 17.4 Å². The van der Waals surface area contributed by atoms with Crippen LogP contribution < -0.4 is 9.47 Å². The summed E-state index contributed by atoms with van der Waals surface area (Å²) in [6, 6.07) is 5.86. The molecule has 2 aliphatic heterocycles. The van der Waals surface area contributed by atoms with Gasteiger partial charge >= 0.3 is 5.97 Å². The van der Waals surface area contributed by atoms with E-state index in [0.29, 0.717) is 24.5 Å². The molecule has 1 aromatic carbocycles. The lowest BCUT2D eigenvalue weighted by Gasteiger charge is -2.30.